The highest BCUT2D eigenvalue weighted by molar-refractivity contribution is 6.31. The molecule has 0 saturated carbocycles. The molecule has 0 aliphatic rings. The monoisotopic (exact) mass is 236 g/mol. The van der Waals surface area contributed by atoms with E-state index in [1.807, 2.05) is 13.8 Å². The van der Waals surface area contributed by atoms with Crippen molar-refractivity contribution in [2.75, 3.05) is 7.11 Å². The van der Waals surface area contributed by atoms with Crippen molar-refractivity contribution < 1.29 is 13.5 Å². The molecule has 0 unspecified atom stereocenters. The Morgan fingerprint density at radius 2 is 1.80 bits per heavy atom. The van der Waals surface area contributed by atoms with Crippen LogP contribution in [-0.4, -0.2) is 7.11 Å². The van der Waals surface area contributed by atoms with E-state index in [1.54, 1.807) is 6.92 Å². The molecule has 0 atom stereocenters. The highest BCUT2D eigenvalue weighted by atomic mass is 35.5. The summed E-state index contributed by atoms with van der Waals surface area (Å²) in [7, 11) is 1.44. The molecule has 0 fully saturated rings. The molecule has 0 spiro atoms. The minimum Gasteiger partial charge on any atom is -0.496 e. The maximum Gasteiger partial charge on any atom is 0.265 e. The van der Waals surface area contributed by atoms with Gasteiger partial charge >= 0.3 is 0 Å². The van der Waals surface area contributed by atoms with Crippen molar-refractivity contribution in [3.63, 3.8) is 0 Å². The molecular weight excluding hydrogens is 222 g/mol. The van der Waals surface area contributed by atoms with E-state index in [-0.39, 0.29) is 10.6 Å². The fraction of sp³-hybridized carbons (Fsp3) is 0.455. The Bertz CT molecular complexity index is 314. The maximum atomic E-state index is 12.3. The van der Waals surface area contributed by atoms with Gasteiger partial charge in [-0.2, -0.15) is 0 Å². The number of rotatable bonds is 2. The maximum absolute atomic E-state index is 12.3. The molecule has 0 aliphatic heterocycles. The molecule has 1 rings (SSSR count). The number of methoxy groups -OCH3 is 1. The van der Waals surface area contributed by atoms with Gasteiger partial charge in [0.15, 0.2) is 0 Å². The molecular formula is C11H15ClF2O. The summed E-state index contributed by atoms with van der Waals surface area (Å²) in [6, 6.07) is 2.74. The number of ether oxygens (including phenoxy) is 1. The Hall–Kier alpha value is -0.830. The highest BCUT2D eigenvalue weighted by Crippen LogP contribution is 2.32. The SMILES string of the molecule is CC.COc1cc(C(F)F)c(Cl)cc1C. The van der Waals surface area contributed by atoms with Crippen molar-refractivity contribution in [3.05, 3.63) is 28.3 Å². The van der Waals surface area contributed by atoms with E-state index in [4.69, 9.17) is 16.3 Å². The zero-order valence-corrected chi connectivity index (χ0v) is 10.0. The molecule has 0 aromatic heterocycles. The van der Waals surface area contributed by atoms with Crippen molar-refractivity contribution in [2.45, 2.75) is 27.2 Å². The van der Waals surface area contributed by atoms with E-state index in [9.17, 15) is 8.78 Å². The minimum atomic E-state index is -2.57. The smallest absolute Gasteiger partial charge is 0.265 e. The van der Waals surface area contributed by atoms with Crippen LogP contribution in [0.2, 0.25) is 5.02 Å². The van der Waals surface area contributed by atoms with Gasteiger partial charge in [0.25, 0.3) is 6.43 Å². The van der Waals surface area contributed by atoms with Gasteiger partial charge in [-0.15, -0.1) is 0 Å². The van der Waals surface area contributed by atoms with Gasteiger partial charge in [0.2, 0.25) is 0 Å². The standard InChI is InChI=1S/C9H9ClF2O.C2H6/c1-5-3-7(10)6(9(11)12)4-8(5)13-2;1-2/h3-4,9H,1-2H3;1-2H3. The average Bonchev–Trinajstić information content (AvgIpc) is 2.20. The van der Waals surface area contributed by atoms with Crippen LogP contribution in [-0.2, 0) is 0 Å². The second-order valence-electron chi connectivity index (χ2n) is 2.64. The fourth-order valence-corrected chi connectivity index (χ4v) is 1.36. The number of hydrogen-bond donors (Lipinski definition) is 0. The minimum absolute atomic E-state index is 0.0771. The van der Waals surface area contributed by atoms with Crippen LogP contribution in [0.4, 0.5) is 8.78 Å². The summed E-state index contributed by atoms with van der Waals surface area (Å²) >= 11 is 5.62. The fourth-order valence-electron chi connectivity index (χ4n) is 1.06. The molecule has 1 nitrogen and oxygen atoms in total. The normalized spacial score (nSPS) is 9.60. The van der Waals surface area contributed by atoms with Crippen LogP contribution in [0.3, 0.4) is 0 Å². The molecule has 0 bridgehead atoms. The zero-order chi connectivity index (χ0) is 12.0. The lowest BCUT2D eigenvalue weighted by molar-refractivity contribution is 0.151. The summed E-state index contributed by atoms with van der Waals surface area (Å²) in [4.78, 5) is 0. The summed E-state index contributed by atoms with van der Waals surface area (Å²) in [5, 5.41) is 0.0771. The van der Waals surface area contributed by atoms with Crippen molar-refractivity contribution in [1.29, 1.82) is 0 Å². The number of benzene rings is 1. The number of alkyl halides is 2. The summed E-state index contributed by atoms with van der Waals surface area (Å²) in [5.41, 5.74) is 0.556. The zero-order valence-electron chi connectivity index (χ0n) is 9.27. The number of aryl methyl sites for hydroxylation is 1. The van der Waals surface area contributed by atoms with Crippen molar-refractivity contribution in [2.24, 2.45) is 0 Å². The first-order valence-corrected chi connectivity index (χ1v) is 5.06. The summed E-state index contributed by atoms with van der Waals surface area (Å²) in [6.07, 6.45) is -2.57. The van der Waals surface area contributed by atoms with Gasteiger partial charge in [0, 0.05) is 10.6 Å². The number of halogens is 3. The molecule has 15 heavy (non-hydrogen) atoms. The lowest BCUT2D eigenvalue weighted by Gasteiger charge is -2.08. The van der Waals surface area contributed by atoms with Crippen LogP contribution < -0.4 is 4.74 Å². The van der Waals surface area contributed by atoms with E-state index < -0.39 is 6.43 Å². The molecule has 86 valence electrons. The Kier molecular flexibility index (Phi) is 6.25. The van der Waals surface area contributed by atoms with Gasteiger partial charge in [0.05, 0.1) is 7.11 Å². The Morgan fingerprint density at radius 3 is 2.20 bits per heavy atom. The molecule has 0 radical (unpaired) electrons. The summed E-state index contributed by atoms with van der Waals surface area (Å²) in [6.45, 7) is 5.75. The van der Waals surface area contributed by atoms with E-state index in [1.165, 1.54) is 19.2 Å². The Labute approximate surface area is 94.0 Å². The van der Waals surface area contributed by atoms with Crippen LogP contribution in [0.25, 0.3) is 0 Å². The van der Waals surface area contributed by atoms with Crippen LogP contribution in [0, 0.1) is 6.92 Å². The largest absolute Gasteiger partial charge is 0.496 e. The molecule has 0 heterocycles. The third-order valence-electron chi connectivity index (χ3n) is 1.75. The predicted octanol–water partition coefficient (Wildman–Crippen LogP) is 4.62. The second kappa shape index (κ2) is 6.62. The van der Waals surface area contributed by atoms with Gasteiger partial charge in [-0.25, -0.2) is 8.78 Å². The van der Waals surface area contributed by atoms with Gasteiger partial charge in [0.1, 0.15) is 5.75 Å². The van der Waals surface area contributed by atoms with E-state index in [0.29, 0.717) is 5.75 Å². The van der Waals surface area contributed by atoms with Crippen molar-refractivity contribution in [1.82, 2.24) is 0 Å². The third kappa shape index (κ3) is 3.67. The first kappa shape index (κ1) is 14.2. The van der Waals surface area contributed by atoms with Crippen LogP contribution in [0.1, 0.15) is 31.4 Å². The Morgan fingerprint density at radius 1 is 1.27 bits per heavy atom. The quantitative estimate of drug-likeness (QED) is 0.728. The van der Waals surface area contributed by atoms with Crippen LogP contribution >= 0.6 is 11.6 Å². The average molecular weight is 237 g/mol. The third-order valence-corrected chi connectivity index (χ3v) is 2.08. The van der Waals surface area contributed by atoms with Crippen molar-refractivity contribution in [3.8, 4) is 5.75 Å². The van der Waals surface area contributed by atoms with Gasteiger partial charge in [-0.05, 0) is 24.6 Å². The molecule has 0 saturated heterocycles. The molecule has 0 aliphatic carbocycles. The summed E-state index contributed by atoms with van der Waals surface area (Å²) in [5.74, 6) is 0.430. The topological polar surface area (TPSA) is 9.23 Å². The lowest BCUT2D eigenvalue weighted by Crippen LogP contribution is -1.92. The first-order valence-electron chi connectivity index (χ1n) is 4.68. The van der Waals surface area contributed by atoms with Gasteiger partial charge < -0.3 is 4.74 Å². The highest BCUT2D eigenvalue weighted by Gasteiger charge is 2.14. The van der Waals surface area contributed by atoms with E-state index in [0.717, 1.165) is 5.56 Å². The summed E-state index contributed by atoms with van der Waals surface area (Å²) < 4.78 is 29.6. The van der Waals surface area contributed by atoms with E-state index in [2.05, 4.69) is 0 Å². The van der Waals surface area contributed by atoms with Crippen molar-refractivity contribution >= 4 is 11.6 Å². The predicted molar refractivity (Wildman–Crippen MR) is 59.0 cm³/mol. The Balaban J connectivity index is 0.000000921. The van der Waals surface area contributed by atoms with Crippen LogP contribution in [0.15, 0.2) is 12.1 Å². The second-order valence-corrected chi connectivity index (χ2v) is 3.05. The van der Waals surface area contributed by atoms with E-state index >= 15 is 0 Å². The van der Waals surface area contributed by atoms with Gasteiger partial charge in [-0.1, -0.05) is 25.4 Å². The molecule has 0 N–H and O–H groups in total. The lowest BCUT2D eigenvalue weighted by atomic mass is 10.1. The molecule has 1 aromatic rings. The molecule has 1 aromatic carbocycles. The molecule has 4 heteroatoms. The van der Waals surface area contributed by atoms with Gasteiger partial charge in [-0.3, -0.25) is 0 Å². The number of hydrogen-bond acceptors (Lipinski definition) is 1. The molecule has 0 amide bonds. The first-order chi connectivity index (χ1) is 7.06. The van der Waals surface area contributed by atoms with Crippen LogP contribution in [0.5, 0.6) is 5.75 Å².